The molecule has 0 spiro atoms. The van der Waals surface area contributed by atoms with E-state index in [-0.39, 0.29) is 11.4 Å². The van der Waals surface area contributed by atoms with Crippen LogP contribution in [0.4, 0.5) is 0 Å². The van der Waals surface area contributed by atoms with Crippen LogP contribution in [0.25, 0.3) is 0 Å². The van der Waals surface area contributed by atoms with E-state index in [9.17, 15) is 9.59 Å². The molecule has 0 aliphatic heterocycles. The van der Waals surface area contributed by atoms with Crippen molar-refractivity contribution in [1.29, 1.82) is 0 Å². The Hall–Kier alpha value is -3.09. The van der Waals surface area contributed by atoms with E-state index >= 15 is 0 Å². The number of hydrogen-bond donors (Lipinski definition) is 1. The largest absolute Gasteiger partial charge is 0.496 e. The summed E-state index contributed by atoms with van der Waals surface area (Å²) in [5, 5.41) is 1.29. The summed E-state index contributed by atoms with van der Waals surface area (Å²) < 4.78 is 10.5. The van der Waals surface area contributed by atoms with E-state index in [0.29, 0.717) is 16.9 Å². The lowest BCUT2D eigenvalue weighted by atomic mass is 10.1. The Morgan fingerprint density at radius 1 is 1.04 bits per heavy atom. The summed E-state index contributed by atoms with van der Waals surface area (Å²) in [6, 6.07) is 8.44. The molecule has 7 nitrogen and oxygen atoms in total. The number of amides is 2. The summed E-state index contributed by atoms with van der Waals surface area (Å²) in [5.41, 5.74) is 3.42. The molecule has 0 fully saturated rings. The second-order valence-corrected chi connectivity index (χ2v) is 6.95. The number of pyridine rings is 1. The first-order valence-corrected chi connectivity index (χ1v) is 8.48. The highest BCUT2D eigenvalue weighted by atomic mass is 16.5. The second kappa shape index (κ2) is 8.07. The van der Waals surface area contributed by atoms with Crippen LogP contribution in [0.5, 0.6) is 11.6 Å². The first-order chi connectivity index (χ1) is 12.7. The van der Waals surface area contributed by atoms with Gasteiger partial charge in [-0.25, -0.2) is 9.99 Å². The Balaban J connectivity index is 2.38. The Bertz CT molecular complexity index is 843. The average Bonchev–Trinajstić information content (AvgIpc) is 2.64. The molecule has 0 bridgehead atoms. The van der Waals surface area contributed by atoms with E-state index in [1.54, 1.807) is 44.4 Å². The van der Waals surface area contributed by atoms with Crippen molar-refractivity contribution >= 4 is 11.8 Å². The number of hydrazine groups is 1. The fraction of sp³-hybridized carbons (Fsp3) is 0.350. The molecular formula is C20H25N3O4. The summed E-state index contributed by atoms with van der Waals surface area (Å²) in [6.45, 7) is 7.27. The molecule has 0 saturated carbocycles. The molecule has 1 N–H and O–H groups in total. The van der Waals surface area contributed by atoms with Crippen LogP contribution in [0, 0.1) is 6.92 Å². The van der Waals surface area contributed by atoms with E-state index in [1.165, 1.54) is 18.3 Å². The van der Waals surface area contributed by atoms with Crippen LogP contribution in [0.2, 0.25) is 0 Å². The number of methoxy groups -OCH3 is 2. The van der Waals surface area contributed by atoms with Crippen molar-refractivity contribution in [3.05, 3.63) is 53.2 Å². The van der Waals surface area contributed by atoms with Crippen molar-refractivity contribution in [2.45, 2.75) is 33.2 Å². The van der Waals surface area contributed by atoms with Gasteiger partial charge >= 0.3 is 0 Å². The van der Waals surface area contributed by atoms with Crippen LogP contribution in [-0.2, 0) is 0 Å². The van der Waals surface area contributed by atoms with E-state index in [1.807, 2.05) is 20.8 Å². The molecule has 0 unspecified atom stereocenters. The van der Waals surface area contributed by atoms with Crippen LogP contribution in [0.3, 0.4) is 0 Å². The van der Waals surface area contributed by atoms with E-state index < -0.39 is 17.4 Å². The standard InChI is InChI=1S/C20H25N3O4/c1-13-14(9-7-11-16(13)26-5)17(24)22-23(20(2,3)4)19(25)15-10-8-12-21-18(15)27-6/h7-12H,1-6H3,(H,22,24). The number of rotatable bonds is 4. The molecule has 27 heavy (non-hydrogen) atoms. The normalized spacial score (nSPS) is 10.9. The van der Waals surface area contributed by atoms with E-state index in [0.717, 1.165) is 0 Å². The van der Waals surface area contributed by atoms with Crippen molar-refractivity contribution < 1.29 is 19.1 Å². The monoisotopic (exact) mass is 371 g/mol. The minimum Gasteiger partial charge on any atom is -0.496 e. The maximum atomic E-state index is 13.1. The van der Waals surface area contributed by atoms with Gasteiger partial charge in [0, 0.05) is 17.3 Å². The Kier molecular flexibility index (Phi) is 6.05. The summed E-state index contributed by atoms with van der Waals surface area (Å²) in [5.74, 6) is -0.0207. The van der Waals surface area contributed by atoms with Crippen LogP contribution < -0.4 is 14.9 Å². The molecular weight excluding hydrogens is 346 g/mol. The van der Waals surface area contributed by atoms with Crippen molar-refractivity contribution in [2.24, 2.45) is 0 Å². The topological polar surface area (TPSA) is 80.8 Å². The van der Waals surface area contributed by atoms with Gasteiger partial charge in [-0.2, -0.15) is 0 Å². The number of nitrogens with zero attached hydrogens (tertiary/aromatic N) is 2. The summed E-state index contributed by atoms with van der Waals surface area (Å²) in [7, 11) is 2.99. The lowest BCUT2D eigenvalue weighted by Gasteiger charge is -2.35. The highest BCUT2D eigenvalue weighted by molar-refractivity contribution is 6.01. The average molecular weight is 371 g/mol. The fourth-order valence-corrected chi connectivity index (χ4v) is 2.60. The van der Waals surface area contributed by atoms with Gasteiger partial charge in [0.15, 0.2) is 0 Å². The third-order valence-corrected chi connectivity index (χ3v) is 4.03. The molecule has 0 saturated heterocycles. The van der Waals surface area contributed by atoms with Gasteiger partial charge in [-0.15, -0.1) is 0 Å². The molecule has 1 aromatic carbocycles. The zero-order valence-corrected chi connectivity index (χ0v) is 16.5. The third-order valence-electron chi connectivity index (χ3n) is 4.03. The first kappa shape index (κ1) is 20.2. The summed E-state index contributed by atoms with van der Waals surface area (Å²) >= 11 is 0. The first-order valence-electron chi connectivity index (χ1n) is 8.48. The smallest absolute Gasteiger partial charge is 0.278 e. The predicted octanol–water partition coefficient (Wildman–Crippen LogP) is 2.99. The Labute approximate surface area is 159 Å². The van der Waals surface area contributed by atoms with Crippen molar-refractivity contribution in [3.8, 4) is 11.6 Å². The lowest BCUT2D eigenvalue weighted by Crippen LogP contribution is -2.56. The zero-order chi connectivity index (χ0) is 20.2. The van der Waals surface area contributed by atoms with E-state index in [4.69, 9.17) is 9.47 Å². The molecule has 0 radical (unpaired) electrons. The third kappa shape index (κ3) is 4.36. The molecule has 2 aromatic rings. The predicted molar refractivity (Wildman–Crippen MR) is 102 cm³/mol. The van der Waals surface area contributed by atoms with Gasteiger partial charge < -0.3 is 9.47 Å². The maximum absolute atomic E-state index is 13.1. The number of hydrogen-bond acceptors (Lipinski definition) is 5. The minimum atomic E-state index is -0.680. The molecule has 0 aliphatic rings. The van der Waals surface area contributed by atoms with Crippen LogP contribution in [0.1, 0.15) is 47.1 Å². The molecule has 0 atom stereocenters. The number of ether oxygens (including phenoxy) is 2. The molecule has 1 aromatic heterocycles. The van der Waals surface area contributed by atoms with Gasteiger partial charge in [0.1, 0.15) is 11.3 Å². The zero-order valence-electron chi connectivity index (χ0n) is 16.5. The van der Waals surface area contributed by atoms with Gasteiger partial charge in [0.25, 0.3) is 11.8 Å². The highest BCUT2D eigenvalue weighted by Gasteiger charge is 2.32. The SMILES string of the molecule is COc1cccc(C(=O)NN(C(=O)c2cccnc2OC)C(C)(C)C)c1C. The Morgan fingerprint density at radius 3 is 2.30 bits per heavy atom. The van der Waals surface area contributed by atoms with Crippen molar-refractivity contribution in [2.75, 3.05) is 14.2 Å². The van der Waals surface area contributed by atoms with Gasteiger partial charge in [0.2, 0.25) is 5.88 Å². The quantitative estimate of drug-likeness (QED) is 0.836. The number of aromatic nitrogens is 1. The van der Waals surface area contributed by atoms with Crippen molar-refractivity contribution in [3.63, 3.8) is 0 Å². The maximum Gasteiger partial charge on any atom is 0.278 e. The van der Waals surface area contributed by atoms with Gasteiger partial charge in [-0.05, 0) is 52.0 Å². The van der Waals surface area contributed by atoms with Crippen molar-refractivity contribution in [1.82, 2.24) is 15.4 Å². The molecule has 1 heterocycles. The number of nitrogens with one attached hydrogen (secondary N) is 1. The number of benzene rings is 1. The molecule has 2 rings (SSSR count). The number of carbonyl (C=O) groups excluding carboxylic acids is 2. The molecule has 0 aliphatic carbocycles. The van der Waals surface area contributed by atoms with E-state index in [2.05, 4.69) is 10.4 Å². The van der Waals surface area contributed by atoms with Crippen LogP contribution >= 0.6 is 0 Å². The summed E-state index contributed by atoms with van der Waals surface area (Å²) in [4.78, 5) is 30.0. The second-order valence-electron chi connectivity index (χ2n) is 6.95. The van der Waals surface area contributed by atoms with Crippen LogP contribution in [-0.4, -0.2) is 41.6 Å². The van der Waals surface area contributed by atoms with Gasteiger partial charge in [-0.1, -0.05) is 6.07 Å². The number of carbonyl (C=O) groups is 2. The molecule has 144 valence electrons. The minimum absolute atomic E-state index is 0.198. The Morgan fingerprint density at radius 2 is 1.70 bits per heavy atom. The lowest BCUT2D eigenvalue weighted by molar-refractivity contribution is 0.0355. The molecule has 2 amide bonds. The van der Waals surface area contributed by atoms with Gasteiger partial charge in [-0.3, -0.25) is 15.0 Å². The fourth-order valence-electron chi connectivity index (χ4n) is 2.60. The summed E-state index contributed by atoms with van der Waals surface area (Å²) in [6.07, 6.45) is 1.54. The molecule has 7 heteroatoms. The van der Waals surface area contributed by atoms with Crippen LogP contribution in [0.15, 0.2) is 36.5 Å². The van der Waals surface area contributed by atoms with Gasteiger partial charge in [0.05, 0.1) is 19.8 Å². The highest BCUT2D eigenvalue weighted by Crippen LogP contribution is 2.23.